The lowest BCUT2D eigenvalue weighted by molar-refractivity contribution is 0.0921. The molecular weight excluding hydrogens is 410 g/mol. The summed E-state index contributed by atoms with van der Waals surface area (Å²) in [6.07, 6.45) is 2.33. The zero-order chi connectivity index (χ0) is 22.9. The molecule has 0 aliphatic carbocycles. The molecule has 2 heterocycles. The maximum absolute atomic E-state index is 12.8. The van der Waals surface area contributed by atoms with Crippen molar-refractivity contribution in [2.45, 2.75) is 32.5 Å². The average molecular weight is 435 g/mol. The molecule has 32 heavy (non-hydrogen) atoms. The monoisotopic (exact) mass is 435 g/mol. The number of nitrogens with one attached hydrogen (secondary N) is 1. The van der Waals surface area contributed by atoms with Gasteiger partial charge in [0.1, 0.15) is 17.1 Å². The van der Waals surface area contributed by atoms with Crippen molar-refractivity contribution < 1.29 is 24.2 Å². The van der Waals surface area contributed by atoms with E-state index < -0.39 is 5.60 Å². The summed E-state index contributed by atoms with van der Waals surface area (Å²) in [4.78, 5) is 25.4. The molecule has 0 radical (unpaired) electrons. The van der Waals surface area contributed by atoms with Crippen molar-refractivity contribution in [3.8, 4) is 11.5 Å². The van der Waals surface area contributed by atoms with Gasteiger partial charge < -0.3 is 19.9 Å². The van der Waals surface area contributed by atoms with E-state index in [9.17, 15) is 9.59 Å². The number of rotatable bonds is 7. The molecule has 8 heteroatoms. The van der Waals surface area contributed by atoms with Crippen LogP contribution in [0.15, 0.2) is 48.7 Å². The topological polar surface area (TPSA) is 103 Å². The highest BCUT2D eigenvalue weighted by Gasteiger charge is 2.34. The van der Waals surface area contributed by atoms with Crippen LogP contribution >= 0.6 is 0 Å². The minimum Gasteiger partial charge on any atom is -0.487 e. The first-order chi connectivity index (χ1) is 15.2. The van der Waals surface area contributed by atoms with E-state index in [4.69, 9.17) is 14.6 Å². The highest BCUT2D eigenvalue weighted by molar-refractivity contribution is 6.04. The van der Waals surface area contributed by atoms with Gasteiger partial charge in [0.2, 0.25) is 0 Å². The van der Waals surface area contributed by atoms with Gasteiger partial charge in [-0.25, -0.2) is 0 Å². The molecule has 1 aliphatic heterocycles. The maximum atomic E-state index is 12.8. The molecule has 1 aliphatic rings. The summed E-state index contributed by atoms with van der Waals surface area (Å²) in [6.45, 7) is 3.65. The summed E-state index contributed by atoms with van der Waals surface area (Å²) >= 11 is 0. The molecule has 0 fully saturated rings. The molecule has 1 amide bonds. The number of benzene rings is 2. The Morgan fingerprint density at radius 2 is 1.94 bits per heavy atom. The van der Waals surface area contributed by atoms with Crippen LogP contribution in [0.5, 0.6) is 11.5 Å². The van der Waals surface area contributed by atoms with Crippen molar-refractivity contribution in [1.29, 1.82) is 0 Å². The summed E-state index contributed by atoms with van der Waals surface area (Å²) in [5.41, 5.74) is 1.95. The summed E-state index contributed by atoms with van der Waals surface area (Å²) < 4.78 is 13.5. The number of anilines is 1. The van der Waals surface area contributed by atoms with Crippen molar-refractivity contribution in [2.75, 3.05) is 11.9 Å². The van der Waals surface area contributed by atoms with E-state index in [-0.39, 0.29) is 24.9 Å². The highest BCUT2D eigenvalue weighted by atomic mass is 16.5. The van der Waals surface area contributed by atoms with Gasteiger partial charge in [0.25, 0.3) is 5.91 Å². The Kier molecular flexibility index (Phi) is 5.71. The minimum absolute atomic E-state index is 0.0831. The van der Waals surface area contributed by atoms with Gasteiger partial charge in [0.05, 0.1) is 6.61 Å². The van der Waals surface area contributed by atoms with Crippen LogP contribution < -0.4 is 14.8 Å². The number of carbonyl (C=O) groups is 2. The number of aliphatic hydroxyl groups is 1. The van der Waals surface area contributed by atoms with E-state index in [1.54, 1.807) is 60.4 Å². The largest absolute Gasteiger partial charge is 0.487 e. The molecule has 0 spiro atoms. The molecule has 0 atom stereocenters. The summed E-state index contributed by atoms with van der Waals surface area (Å²) in [6, 6.07) is 11.7. The number of ether oxygens (including phenoxy) is 2. The fourth-order valence-corrected chi connectivity index (χ4v) is 3.60. The number of nitrogens with zero attached hydrogens (tertiary/aromatic N) is 2. The molecule has 4 rings (SSSR count). The minimum atomic E-state index is -0.444. The van der Waals surface area contributed by atoms with Crippen molar-refractivity contribution in [2.24, 2.45) is 7.05 Å². The molecular formula is C24H25N3O5. The first-order valence-electron chi connectivity index (χ1n) is 10.3. The van der Waals surface area contributed by atoms with Gasteiger partial charge in [-0.2, -0.15) is 5.10 Å². The lowest BCUT2D eigenvalue weighted by Crippen LogP contribution is -2.24. The van der Waals surface area contributed by atoms with E-state index in [1.807, 2.05) is 13.8 Å². The van der Waals surface area contributed by atoms with E-state index in [1.165, 1.54) is 0 Å². The lowest BCUT2D eigenvalue weighted by atomic mass is 9.99. The number of carbonyl (C=O) groups excluding carboxylic acids is 2. The standard InChI is InChI=1S/C24H25N3O5/c1-24(2)12-18-20(31-14-19(29)16-6-4-15(13-28)5-7-16)10-17(11-21(18)32-24)23(30)25-22-8-9-27(3)26-22/h4-11,28H,12-14H2,1-3H3,(H,25,26,30). The van der Waals surface area contributed by atoms with E-state index in [0.717, 1.165) is 11.1 Å². The van der Waals surface area contributed by atoms with Crippen molar-refractivity contribution in [3.63, 3.8) is 0 Å². The molecule has 0 saturated carbocycles. The normalized spacial score (nSPS) is 13.9. The third-order valence-electron chi connectivity index (χ3n) is 5.19. The molecule has 1 aromatic heterocycles. The van der Waals surface area contributed by atoms with Crippen LogP contribution in [-0.2, 0) is 20.1 Å². The first-order valence-corrected chi connectivity index (χ1v) is 10.3. The summed E-state index contributed by atoms with van der Waals surface area (Å²) in [5.74, 6) is 0.890. The molecule has 0 bridgehead atoms. The molecule has 0 saturated heterocycles. The Labute approximate surface area is 185 Å². The second-order valence-electron chi connectivity index (χ2n) is 8.39. The molecule has 166 valence electrons. The van der Waals surface area contributed by atoms with Crippen LogP contribution in [0.2, 0.25) is 0 Å². The number of hydrogen-bond donors (Lipinski definition) is 2. The quantitative estimate of drug-likeness (QED) is 0.553. The Morgan fingerprint density at radius 1 is 1.19 bits per heavy atom. The zero-order valence-electron chi connectivity index (χ0n) is 18.2. The molecule has 0 unspecified atom stereocenters. The van der Waals surface area contributed by atoms with Gasteiger partial charge in [-0.3, -0.25) is 14.3 Å². The van der Waals surface area contributed by atoms with Gasteiger partial charge in [0.15, 0.2) is 18.2 Å². The van der Waals surface area contributed by atoms with Crippen molar-refractivity contribution >= 4 is 17.5 Å². The Balaban J connectivity index is 1.56. The predicted octanol–water partition coefficient (Wildman–Crippen LogP) is 3.14. The Bertz CT molecular complexity index is 1160. The SMILES string of the molecule is Cn1ccc(NC(=O)c2cc(OCC(=O)c3ccc(CO)cc3)c3c(c2)OC(C)(C)C3)n1. The number of hydrogen-bond acceptors (Lipinski definition) is 6. The summed E-state index contributed by atoms with van der Waals surface area (Å²) in [7, 11) is 1.77. The number of ketones is 1. The second kappa shape index (κ2) is 8.47. The first kappa shape index (κ1) is 21.6. The van der Waals surface area contributed by atoms with Crippen molar-refractivity contribution in [3.05, 3.63) is 70.9 Å². The molecule has 3 aromatic rings. The smallest absolute Gasteiger partial charge is 0.257 e. The fraction of sp³-hybridized carbons (Fsp3) is 0.292. The number of aryl methyl sites for hydroxylation is 1. The third-order valence-corrected chi connectivity index (χ3v) is 5.19. The van der Waals surface area contributed by atoms with Crippen LogP contribution in [0.25, 0.3) is 0 Å². The lowest BCUT2D eigenvalue weighted by Gasteiger charge is -2.16. The Hall–Kier alpha value is -3.65. The number of aliphatic hydroxyl groups excluding tert-OH is 1. The van der Waals surface area contributed by atoms with Crippen LogP contribution in [0.4, 0.5) is 5.82 Å². The van der Waals surface area contributed by atoms with Crippen molar-refractivity contribution in [1.82, 2.24) is 9.78 Å². The molecule has 2 aromatic carbocycles. The number of aromatic nitrogens is 2. The zero-order valence-corrected chi connectivity index (χ0v) is 18.2. The van der Waals surface area contributed by atoms with E-state index in [2.05, 4.69) is 10.4 Å². The maximum Gasteiger partial charge on any atom is 0.257 e. The number of fused-ring (bicyclic) bond motifs is 1. The third kappa shape index (κ3) is 4.65. The van der Waals surface area contributed by atoms with Gasteiger partial charge >= 0.3 is 0 Å². The van der Waals surface area contributed by atoms with Crippen LogP contribution in [0, 0.1) is 0 Å². The van der Waals surface area contributed by atoms with E-state index >= 15 is 0 Å². The summed E-state index contributed by atoms with van der Waals surface area (Å²) in [5, 5.41) is 16.1. The fourth-order valence-electron chi connectivity index (χ4n) is 3.60. The van der Waals surface area contributed by atoms with Crippen LogP contribution in [0.3, 0.4) is 0 Å². The van der Waals surface area contributed by atoms with E-state index in [0.29, 0.717) is 34.9 Å². The van der Waals surface area contributed by atoms with Gasteiger partial charge in [-0.1, -0.05) is 24.3 Å². The molecule has 2 N–H and O–H groups in total. The van der Waals surface area contributed by atoms with Crippen LogP contribution in [0.1, 0.15) is 45.7 Å². The molecule has 8 nitrogen and oxygen atoms in total. The van der Waals surface area contributed by atoms with Gasteiger partial charge in [0, 0.05) is 42.4 Å². The average Bonchev–Trinajstić information content (AvgIpc) is 3.32. The highest BCUT2D eigenvalue weighted by Crippen LogP contribution is 2.41. The van der Waals surface area contributed by atoms with Gasteiger partial charge in [-0.05, 0) is 31.5 Å². The van der Waals surface area contributed by atoms with Gasteiger partial charge in [-0.15, -0.1) is 0 Å². The predicted molar refractivity (Wildman–Crippen MR) is 118 cm³/mol. The van der Waals surface area contributed by atoms with Crippen LogP contribution in [-0.4, -0.2) is 38.8 Å². The Morgan fingerprint density at radius 3 is 2.59 bits per heavy atom. The number of amides is 1. The second-order valence-corrected chi connectivity index (χ2v) is 8.39. The number of Topliss-reactive ketones (excluding diaryl/α,β-unsaturated/α-hetero) is 1.